The van der Waals surface area contributed by atoms with E-state index in [0.717, 1.165) is 5.82 Å². The topological polar surface area (TPSA) is 93.8 Å². The van der Waals surface area contributed by atoms with Gasteiger partial charge in [0.15, 0.2) is 0 Å². The van der Waals surface area contributed by atoms with E-state index in [-0.39, 0.29) is 5.92 Å². The number of hydrogen-bond acceptors (Lipinski definition) is 5. The predicted molar refractivity (Wildman–Crippen MR) is 55.9 cm³/mol. The molecule has 7 heteroatoms. The van der Waals surface area contributed by atoms with Gasteiger partial charge in [0.05, 0.1) is 12.1 Å². The molecular formula is C10H9N5O2. The molecule has 1 N–H and O–H groups in total. The number of carbonyl (C=O) groups is 1. The van der Waals surface area contributed by atoms with Crippen LogP contribution < -0.4 is 0 Å². The van der Waals surface area contributed by atoms with Gasteiger partial charge in [-0.1, -0.05) is 0 Å². The molecule has 2 aromatic heterocycles. The third-order valence-corrected chi connectivity index (χ3v) is 2.80. The number of aliphatic carboxylic acids is 1. The number of aromatic nitrogens is 5. The van der Waals surface area contributed by atoms with Crippen LogP contribution in [0.1, 0.15) is 5.82 Å². The van der Waals surface area contributed by atoms with Crippen molar-refractivity contribution in [3.63, 3.8) is 0 Å². The molecule has 0 aromatic carbocycles. The summed E-state index contributed by atoms with van der Waals surface area (Å²) < 4.78 is 1.85. The molecule has 1 aliphatic heterocycles. The largest absolute Gasteiger partial charge is 0.481 e. The van der Waals surface area contributed by atoms with Crippen LogP contribution in [0.4, 0.5) is 0 Å². The molecule has 2 aromatic rings. The van der Waals surface area contributed by atoms with E-state index in [4.69, 9.17) is 5.11 Å². The standard InChI is InChI=1S/C10H9N5O2/c16-10(17)6-1-9-13-8(4-15(9)3-6)7-2-11-5-12-14-7/h2,4-6H,1,3H2,(H,16,17). The van der Waals surface area contributed by atoms with Crippen molar-refractivity contribution in [2.75, 3.05) is 0 Å². The van der Waals surface area contributed by atoms with Gasteiger partial charge in [0.25, 0.3) is 0 Å². The Morgan fingerprint density at radius 1 is 1.47 bits per heavy atom. The normalized spacial score (nSPS) is 18.0. The lowest BCUT2D eigenvalue weighted by Crippen LogP contribution is -2.14. The van der Waals surface area contributed by atoms with Crippen molar-refractivity contribution in [2.45, 2.75) is 13.0 Å². The van der Waals surface area contributed by atoms with Crippen LogP contribution >= 0.6 is 0 Å². The van der Waals surface area contributed by atoms with Gasteiger partial charge in [-0.3, -0.25) is 4.79 Å². The van der Waals surface area contributed by atoms with Gasteiger partial charge in [-0.2, -0.15) is 0 Å². The molecular weight excluding hydrogens is 222 g/mol. The average Bonchev–Trinajstić information content (AvgIpc) is 2.87. The van der Waals surface area contributed by atoms with Crippen LogP contribution in [0.2, 0.25) is 0 Å². The molecule has 0 bridgehead atoms. The zero-order chi connectivity index (χ0) is 11.8. The Hall–Kier alpha value is -2.31. The third-order valence-electron chi connectivity index (χ3n) is 2.80. The van der Waals surface area contributed by atoms with E-state index in [1.54, 1.807) is 12.4 Å². The van der Waals surface area contributed by atoms with E-state index in [0.29, 0.717) is 24.4 Å². The van der Waals surface area contributed by atoms with Crippen molar-refractivity contribution < 1.29 is 9.90 Å². The Kier molecular flexibility index (Phi) is 2.10. The van der Waals surface area contributed by atoms with Gasteiger partial charge in [-0.15, -0.1) is 10.2 Å². The molecule has 1 aliphatic rings. The molecule has 0 amide bonds. The SMILES string of the molecule is O=C(O)C1Cc2nc(-c3cncnn3)cn2C1. The summed E-state index contributed by atoms with van der Waals surface area (Å²) in [6.07, 6.45) is 5.19. The van der Waals surface area contributed by atoms with Gasteiger partial charge < -0.3 is 9.67 Å². The van der Waals surface area contributed by atoms with Crippen LogP contribution in [-0.4, -0.2) is 35.8 Å². The summed E-state index contributed by atoms with van der Waals surface area (Å²) in [5.41, 5.74) is 1.28. The van der Waals surface area contributed by atoms with Gasteiger partial charge >= 0.3 is 5.97 Å². The molecule has 86 valence electrons. The summed E-state index contributed by atoms with van der Waals surface area (Å²) in [6.45, 7) is 0.464. The fourth-order valence-electron chi connectivity index (χ4n) is 1.95. The van der Waals surface area contributed by atoms with Crippen molar-refractivity contribution in [2.24, 2.45) is 5.92 Å². The third kappa shape index (κ3) is 1.65. The fraction of sp³-hybridized carbons (Fsp3) is 0.300. The highest BCUT2D eigenvalue weighted by Gasteiger charge is 2.29. The monoisotopic (exact) mass is 231 g/mol. The second kappa shape index (κ2) is 3.62. The molecule has 3 rings (SSSR count). The van der Waals surface area contributed by atoms with E-state index in [1.807, 2.05) is 4.57 Å². The van der Waals surface area contributed by atoms with Crippen LogP contribution in [0, 0.1) is 5.92 Å². The number of fused-ring (bicyclic) bond motifs is 1. The van der Waals surface area contributed by atoms with Crippen LogP contribution in [-0.2, 0) is 17.8 Å². The maximum Gasteiger partial charge on any atom is 0.308 e. The van der Waals surface area contributed by atoms with E-state index in [2.05, 4.69) is 20.2 Å². The van der Waals surface area contributed by atoms with Gasteiger partial charge in [0.1, 0.15) is 23.5 Å². The summed E-state index contributed by atoms with van der Waals surface area (Å²) in [5.74, 6) is -0.372. The number of carboxylic acid groups (broad SMARTS) is 1. The first-order valence-corrected chi connectivity index (χ1v) is 5.16. The van der Waals surface area contributed by atoms with Gasteiger partial charge in [0.2, 0.25) is 0 Å². The van der Waals surface area contributed by atoms with Crippen molar-refractivity contribution in [3.8, 4) is 11.4 Å². The first-order valence-electron chi connectivity index (χ1n) is 5.16. The maximum absolute atomic E-state index is 10.8. The first kappa shape index (κ1) is 9.88. The number of imidazole rings is 1. The fourth-order valence-corrected chi connectivity index (χ4v) is 1.95. The minimum Gasteiger partial charge on any atom is -0.481 e. The van der Waals surface area contributed by atoms with Crippen LogP contribution in [0.5, 0.6) is 0 Å². The second-order valence-electron chi connectivity index (χ2n) is 3.93. The lowest BCUT2D eigenvalue weighted by atomic mass is 10.1. The highest BCUT2D eigenvalue weighted by Crippen LogP contribution is 2.24. The van der Waals surface area contributed by atoms with Crippen molar-refractivity contribution in [3.05, 3.63) is 24.5 Å². The van der Waals surface area contributed by atoms with Crippen LogP contribution in [0.15, 0.2) is 18.7 Å². The highest BCUT2D eigenvalue weighted by molar-refractivity contribution is 5.71. The number of nitrogens with zero attached hydrogens (tertiary/aromatic N) is 5. The van der Waals surface area contributed by atoms with Gasteiger partial charge in [0, 0.05) is 19.2 Å². The molecule has 0 saturated carbocycles. The Bertz CT molecular complexity index is 542. The summed E-state index contributed by atoms with van der Waals surface area (Å²) in [6, 6.07) is 0. The summed E-state index contributed by atoms with van der Waals surface area (Å²) in [5, 5.41) is 16.5. The molecule has 1 unspecified atom stereocenters. The van der Waals surface area contributed by atoms with Crippen LogP contribution in [0.3, 0.4) is 0 Å². The smallest absolute Gasteiger partial charge is 0.308 e. The molecule has 0 radical (unpaired) electrons. The maximum atomic E-state index is 10.8. The number of hydrogen-bond donors (Lipinski definition) is 1. The number of carboxylic acids is 1. The van der Waals surface area contributed by atoms with Crippen LogP contribution in [0.25, 0.3) is 11.4 Å². The average molecular weight is 231 g/mol. The lowest BCUT2D eigenvalue weighted by molar-refractivity contribution is -0.141. The molecule has 17 heavy (non-hydrogen) atoms. The summed E-state index contributed by atoms with van der Waals surface area (Å²) in [4.78, 5) is 19.1. The zero-order valence-electron chi connectivity index (χ0n) is 8.82. The molecule has 7 nitrogen and oxygen atoms in total. The van der Waals surface area contributed by atoms with Gasteiger partial charge in [-0.05, 0) is 0 Å². The minimum absolute atomic E-state index is 0.369. The Labute approximate surface area is 96.2 Å². The van der Waals surface area contributed by atoms with Crippen molar-refractivity contribution >= 4 is 5.97 Å². The first-order chi connectivity index (χ1) is 8.24. The van der Waals surface area contributed by atoms with E-state index in [1.165, 1.54) is 6.33 Å². The molecule has 0 fully saturated rings. The predicted octanol–water partition coefficient (Wildman–Crippen LogP) is -0.00800. The van der Waals surface area contributed by atoms with E-state index >= 15 is 0 Å². The zero-order valence-corrected chi connectivity index (χ0v) is 8.82. The highest BCUT2D eigenvalue weighted by atomic mass is 16.4. The summed E-state index contributed by atoms with van der Waals surface area (Å²) >= 11 is 0. The Balaban J connectivity index is 1.90. The van der Waals surface area contributed by atoms with E-state index < -0.39 is 5.97 Å². The quantitative estimate of drug-likeness (QED) is 0.781. The summed E-state index contributed by atoms with van der Waals surface area (Å²) in [7, 11) is 0. The van der Waals surface area contributed by atoms with Crippen molar-refractivity contribution in [1.29, 1.82) is 0 Å². The molecule has 1 atom stereocenters. The molecule has 3 heterocycles. The molecule has 0 aliphatic carbocycles. The minimum atomic E-state index is -0.779. The Morgan fingerprint density at radius 3 is 3.00 bits per heavy atom. The van der Waals surface area contributed by atoms with Crippen molar-refractivity contribution in [1.82, 2.24) is 24.7 Å². The van der Waals surface area contributed by atoms with E-state index in [9.17, 15) is 4.79 Å². The molecule has 0 spiro atoms. The second-order valence-corrected chi connectivity index (χ2v) is 3.93. The molecule has 0 saturated heterocycles. The number of rotatable bonds is 2. The van der Waals surface area contributed by atoms with Gasteiger partial charge in [-0.25, -0.2) is 9.97 Å². The Morgan fingerprint density at radius 2 is 2.35 bits per heavy atom. The lowest BCUT2D eigenvalue weighted by Gasteiger charge is -2.00.